The van der Waals surface area contributed by atoms with E-state index in [1.165, 1.54) is 22.7 Å². The van der Waals surface area contributed by atoms with E-state index >= 15 is 0 Å². The Bertz CT molecular complexity index is 956. The van der Waals surface area contributed by atoms with Gasteiger partial charge in [0.05, 0.1) is 5.56 Å². The fourth-order valence-electron chi connectivity index (χ4n) is 1.99. The molecule has 26 heavy (non-hydrogen) atoms. The molecule has 0 saturated carbocycles. The Kier molecular flexibility index (Phi) is 5.78. The van der Waals surface area contributed by atoms with Gasteiger partial charge in [-0.2, -0.15) is 5.26 Å². The van der Waals surface area contributed by atoms with E-state index in [1.807, 2.05) is 23.8 Å². The number of anilines is 1. The van der Waals surface area contributed by atoms with E-state index in [-0.39, 0.29) is 0 Å². The third kappa shape index (κ3) is 4.36. The van der Waals surface area contributed by atoms with Crippen molar-refractivity contribution in [2.75, 3.05) is 11.9 Å². The van der Waals surface area contributed by atoms with Crippen LogP contribution in [0, 0.1) is 11.3 Å². The zero-order valence-corrected chi connectivity index (χ0v) is 15.6. The van der Waals surface area contributed by atoms with Gasteiger partial charge in [-0.15, -0.1) is 11.3 Å². The molecule has 0 radical (unpaired) electrons. The smallest absolute Gasteiger partial charge is 0.279 e. The Labute approximate surface area is 158 Å². The first-order chi connectivity index (χ1) is 12.7. The SMILES string of the molecule is CCCN=C(N)Nc1nc(-c2csc(Oc3ccccc3C#N)n2)cs1. The van der Waals surface area contributed by atoms with Crippen LogP contribution in [0.5, 0.6) is 10.9 Å². The zero-order valence-electron chi connectivity index (χ0n) is 14.0. The van der Waals surface area contributed by atoms with E-state index in [0.29, 0.717) is 39.8 Å². The number of thiazole rings is 2. The average molecular weight is 384 g/mol. The third-order valence-corrected chi connectivity index (χ3v) is 4.67. The van der Waals surface area contributed by atoms with Gasteiger partial charge in [0.1, 0.15) is 23.2 Å². The first kappa shape index (κ1) is 17.8. The number of nitrogens with two attached hydrogens (primary N) is 1. The summed E-state index contributed by atoms with van der Waals surface area (Å²) in [6, 6.07) is 9.14. The lowest BCUT2D eigenvalue weighted by Crippen LogP contribution is -2.22. The Balaban J connectivity index is 1.71. The molecule has 132 valence electrons. The summed E-state index contributed by atoms with van der Waals surface area (Å²) >= 11 is 2.77. The number of rotatable bonds is 6. The molecule has 0 unspecified atom stereocenters. The van der Waals surface area contributed by atoms with Crippen molar-refractivity contribution in [3.8, 4) is 28.4 Å². The predicted octanol–water partition coefficient (Wildman–Crippen LogP) is 4.07. The van der Waals surface area contributed by atoms with Gasteiger partial charge in [-0.1, -0.05) is 30.4 Å². The first-order valence-electron chi connectivity index (χ1n) is 7.85. The number of nitriles is 1. The molecular weight excluding hydrogens is 368 g/mol. The summed E-state index contributed by atoms with van der Waals surface area (Å²) in [5.74, 6) is 0.833. The van der Waals surface area contributed by atoms with Crippen LogP contribution in [-0.2, 0) is 0 Å². The largest absolute Gasteiger partial charge is 0.429 e. The number of hydrogen-bond acceptors (Lipinski definition) is 7. The zero-order chi connectivity index (χ0) is 18.4. The lowest BCUT2D eigenvalue weighted by Gasteiger charge is -2.02. The molecule has 7 nitrogen and oxygen atoms in total. The maximum atomic E-state index is 9.13. The van der Waals surface area contributed by atoms with Crippen molar-refractivity contribution in [1.29, 1.82) is 5.26 Å². The highest BCUT2D eigenvalue weighted by atomic mass is 32.1. The summed E-state index contributed by atoms with van der Waals surface area (Å²) in [5, 5.41) is 17.0. The Morgan fingerprint density at radius 2 is 2.04 bits per heavy atom. The van der Waals surface area contributed by atoms with Crippen LogP contribution in [0.2, 0.25) is 0 Å². The summed E-state index contributed by atoms with van der Waals surface area (Å²) in [4.78, 5) is 13.1. The number of nitrogens with one attached hydrogen (secondary N) is 1. The lowest BCUT2D eigenvalue weighted by molar-refractivity contribution is 0.478. The van der Waals surface area contributed by atoms with Crippen LogP contribution < -0.4 is 15.8 Å². The van der Waals surface area contributed by atoms with E-state index in [2.05, 4.69) is 26.3 Å². The molecule has 0 aliphatic heterocycles. The highest BCUT2D eigenvalue weighted by Gasteiger charge is 2.12. The van der Waals surface area contributed by atoms with Gasteiger partial charge in [0.25, 0.3) is 5.19 Å². The van der Waals surface area contributed by atoms with Crippen LogP contribution in [0.15, 0.2) is 40.0 Å². The molecule has 0 aliphatic rings. The summed E-state index contributed by atoms with van der Waals surface area (Å²) < 4.78 is 5.72. The van der Waals surface area contributed by atoms with Gasteiger partial charge in [0.2, 0.25) is 0 Å². The van der Waals surface area contributed by atoms with E-state index in [1.54, 1.807) is 18.2 Å². The molecule has 0 atom stereocenters. The fraction of sp³-hybridized carbons (Fsp3) is 0.176. The lowest BCUT2D eigenvalue weighted by atomic mass is 10.2. The second-order valence-electron chi connectivity index (χ2n) is 5.14. The quantitative estimate of drug-likeness (QED) is 0.490. The van der Waals surface area contributed by atoms with Gasteiger partial charge in [0, 0.05) is 17.3 Å². The minimum Gasteiger partial charge on any atom is -0.429 e. The number of para-hydroxylation sites is 1. The maximum Gasteiger partial charge on any atom is 0.279 e. The molecular formula is C17H16N6OS2. The molecule has 0 saturated heterocycles. The summed E-state index contributed by atoms with van der Waals surface area (Å²) in [6.07, 6.45) is 0.933. The van der Waals surface area contributed by atoms with Crippen LogP contribution in [0.3, 0.4) is 0 Å². The highest BCUT2D eigenvalue weighted by molar-refractivity contribution is 7.14. The van der Waals surface area contributed by atoms with Crippen molar-refractivity contribution in [3.63, 3.8) is 0 Å². The molecule has 0 fully saturated rings. The second kappa shape index (κ2) is 8.42. The van der Waals surface area contributed by atoms with Crippen molar-refractivity contribution >= 4 is 33.8 Å². The van der Waals surface area contributed by atoms with Gasteiger partial charge in [-0.3, -0.25) is 4.99 Å². The summed E-state index contributed by atoms with van der Waals surface area (Å²) in [5.41, 5.74) is 7.69. The van der Waals surface area contributed by atoms with E-state index in [4.69, 9.17) is 15.7 Å². The first-order valence-corrected chi connectivity index (χ1v) is 9.61. The molecule has 9 heteroatoms. The van der Waals surface area contributed by atoms with Gasteiger partial charge >= 0.3 is 0 Å². The van der Waals surface area contributed by atoms with Gasteiger partial charge in [-0.05, 0) is 18.6 Å². The van der Waals surface area contributed by atoms with Crippen molar-refractivity contribution in [1.82, 2.24) is 9.97 Å². The average Bonchev–Trinajstić information content (AvgIpc) is 3.30. The molecule has 0 bridgehead atoms. The predicted molar refractivity (Wildman–Crippen MR) is 105 cm³/mol. The Hall–Kier alpha value is -2.96. The molecule has 3 rings (SSSR count). The van der Waals surface area contributed by atoms with Crippen molar-refractivity contribution in [3.05, 3.63) is 40.6 Å². The van der Waals surface area contributed by atoms with E-state index in [9.17, 15) is 0 Å². The normalized spacial score (nSPS) is 11.2. The highest BCUT2D eigenvalue weighted by Crippen LogP contribution is 2.32. The topological polar surface area (TPSA) is 109 Å². The van der Waals surface area contributed by atoms with Gasteiger partial charge < -0.3 is 15.8 Å². The summed E-state index contributed by atoms with van der Waals surface area (Å²) in [7, 11) is 0. The number of benzene rings is 1. The molecule has 0 spiro atoms. The maximum absolute atomic E-state index is 9.13. The molecule has 0 aliphatic carbocycles. The molecule has 1 aromatic carbocycles. The van der Waals surface area contributed by atoms with E-state index in [0.717, 1.165) is 12.1 Å². The number of guanidine groups is 1. The minimum absolute atomic E-state index is 0.350. The number of aromatic nitrogens is 2. The monoisotopic (exact) mass is 384 g/mol. The molecule has 0 amide bonds. The molecule has 3 aromatic rings. The van der Waals surface area contributed by atoms with Gasteiger partial charge in [0.15, 0.2) is 11.1 Å². The molecule has 2 aromatic heterocycles. The van der Waals surface area contributed by atoms with Crippen molar-refractivity contribution in [2.45, 2.75) is 13.3 Å². The van der Waals surface area contributed by atoms with Crippen LogP contribution in [0.4, 0.5) is 5.13 Å². The van der Waals surface area contributed by atoms with Gasteiger partial charge in [-0.25, -0.2) is 9.97 Å². The standard InChI is InChI=1S/C17H16N6OS2/c1-2-7-20-15(19)23-16-21-12(9-25-16)13-10-26-17(22-13)24-14-6-4-3-5-11(14)8-18/h3-6,9-10H,2,7H2,1H3,(H3,19,20,21,23). The van der Waals surface area contributed by atoms with Crippen LogP contribution in [0.25, 0.3) is 11.4 Å². The Morgan fingerprint density at radius 1 is 1.27 bits per heavy atom. The minimum atomic E-state index is 0.350. The molecule has 2 heterocycles. The number of nitrogens with zero attached hydrogens (tertiary/aromatic N) is 4. The van der Waals surface area contributed by atoms with Crippen LogP contribution in [0.1, 0.15) is 18.9 Å². The second-order valence-corrected chi connectivity index (χ2v) is 6.82. The number of ether oxygens (including phenoxy) is 1. The third-order valence-electron chi connectivity index (χ3n) is 3.20. The van der Waals surface area contributed by atoms with Crippen LogP contribution in [-0.4, -0.2) is 22.5 Å². The molecule has 3 N–H and O–H groups in total. The van der Waals surface area contributed by atoms with Crippen molar-refractivity contribution in [2.24, 2.45) is 10.7 Å². The van der Waals surface area contributed by atoms with Crippen molar-refractivity contribution < 1.29 is 4.74 Å². The van der Waals surface area contributed by atoms with Crippen LogP contribution >= 0.6 is 22.7 Å². The van der Waals surface area contributed by atoms with E-state index < -0.39 is 0 Å². The fourth-order valence-corrected chi connectivity index (χ4v) is 3.38. The number of hydrogen-bond donors (Lipinski definition) is 2. The summed E-state index contributed by atoms with van der Waals surface area (Å²) in [6.45, 7) is 2.71. The Morgan fingerprint density at radius 3 is 2.85 bits per heavy atom. The number of aliphatic imine (C=N–C) groups is 1.